The zero-order valence-electron chi connectivity index (χ0n) is 12.4. The minimum atomic E-state index is 0.750. The smallest absolute Gasteiger partial charge is 0.119 e. The van der Waals surface area contributed by atoms with Crippen molar-refractivity contribution in [3.05, 3.63) is 65.7 Å². The summed E-state index contributed by atoms with van der Waals surface area (Å²) in [6.45, 7) is 1.72. The first-order chi connectivity index (χ1) is 10.4. The van der Waals surface area contributed by atoms with Crippen LogP contribution in [-0.4, -0.2) is 12.6 Å². The van der Waals surface area contributed by atoms with Gasteiger partial charge in [-0.1, -0.05) is 42.5 Å². The maximum absolute atomic E-state index is 5.86. The highest BCUT2D eigenvalue weighted by Crippen LogP contribution is 2.20. The van der Waals surface area contributed by atoms with Crippen LogP contribution in [-0.2, 0) is 13.0 Å². The van der Waals surface area contributed by atoms with E-state index < -0.39 is 0 Å². The Balaban J connectivity index is 1.41. The van der Waals surface area contributed by atoms with Crippen molar-refractivity contribution < 1.29 is 4.74 Å². The number of aryl methyl sites for hydroxylation is 1. The molecule has 1 saturated carbocycles. The second kappa shape index (κ2) is 7.28. The van der Waals surface area contributed by atoms with Crippen molar-refractivity contribution in [1.82, 2.24) is 5.32 Å². The van der Waals surface area contributed by atoms with Gasteiger partial charge >= 0.3 is 0 Å². The molecule has 1 aliphatic rings. The maximum Gasteiger partial charge on any atom is 0.119 e. The van der Waals surface area contributed by atoms with Gasteiger partial charge in [-0.3, -0.25) is 0 Å². The predicted molar refractivity (Wildman–Crippen MR) is 86.6 cm³/mol. The Kier molecular flexibility index (Phi) is 4.90. The van der Waals surface area contributed by atoms with Gasteiger partial charge in [-0.25, -0.2) is 0 Å². The summed E-state index contributed by atoms with van der Waals surface area (Å²) in [5.74, 6) is 0.984. The summed E-state index contributed by atoms with van der Waals surface area (Å²) >= 11 is 0. The standard InChI is InChI=1S/C19H23NO/c1-2-6-16(7-3-1)9-5-13-21-19-10-4-8-17(14-19)15-20-18-11-12-18/h1-4,6-8,10,14,18,20H,5,9,11-13,15H2. The molecule has 2 aromatic carbocycles. The quantitative estimate of drug-likeness (QED) is 0.740. The maximum atomic E-state index is 5.86. The van der Waals surface area contributed by atoms with Crippen molar-refractivity contribution in [3.63, 3.8) is 0 Å². The lowest BCUT2D eigenvalue weighted by Crippen LogP contribution is -2.15. The van der Waals surface area contributed by atoms with Gasteiger partial charge in [0.2, 0.25) is 0 Å². The number of benzene rings is 2. The zero-order valence-corrected chi connectivity index (χ0v) is 12.4. The van der Waals surface area contributed by atoms with E-state index in [9.17, 15) is 0 Å². The highest BCUT2D eigenvalue weighted by atomic mass is 16.5. The molecule has 0 saturated heterocycles. The van der Waals surface area contributed by atoms with Crippen molar-refractivity contribution in [2.24, 2.45) is 0 Å². The van der Waals surface area contributed by atoms with Gasteiger partial charge < -0.3 is 10.1 Å². The van der Waals surface area contributed by atoms with Crippen LogP contribution in [0.15, 0.2) is 54.6 Å². The summed E-state index contributed by atoms with van der Waals surface area (Å²) in [6, 6.07) is 19.8. The van der Waals surface area contributed by atoms with Gasteiger partial charge in [0.05, 0.1) is 6.61 Å². The van der Waals surface area contributed by atoms with Gasteiger partial charge in [0.25, 0.3) is 0 Å². The Bertz CT molecular complexity index is 549. The van der Waals surface area contributed by atoms with E-state index in [-0.39, 0.29) is 0 Å². The molecule has 1 N–H and O–H groups in total. The summed E-state index contributed by atoms with van der Waals surface area (Å²) < 4.78 is 5.86. The number of hydrogen-bond acceptors (Lipinski definition) is 2. The zero-order chi connectivity index (χ0) is 14.3. The van der Waals surface area contributed by atoms with Crippen LogP contribution >= 0.6 is 0 Å². The van der Waals surface area contributed by atoms with E-state index in [4.69, 9.17) is 4.74 Å². The van der Waals surface area contributed by atoms with Crippen molar-refractivity contribution >= 4 is 0 Å². The van der Waals surface area contributed by atoms with E-state index in [0.29, 0.717) is 0 Å². The molecule has 1 aliphatic carbocycles. The molecular formula is C19H23NO. The molecule has 0 radical (unpaired) electrons. The van der Waals surface area contributed by atoms with Gasteiger partial charge in [0.1, 0.15) is 5.75 Å². The molecule has 0 aliphatic heterocycles. The molecule has 1 fully saturated rings. The van der Waals surface area contributed by atoms with Crippen LogP contribution in [0.4, 0.5) is 0 Å². The van der Waals surface area contributed by atoms with E-state index in [1.165, 1.54) is 24.0 Å². The van der Waals surface area contributed by atoms with Crippen LogP contribution in [0.3, 0.4) is 0 Å². The molecule has 0 unspecified atom stereocenters. The fraction of sp³-hybridized carbons (Fsp3) is 0.368. The summed E-state index contributed by atoms with van der Waals surface area (Å²) in [5.41, 5.74) is 2.69. The molecule has 0 atom stereocenters. The SMILES string of the molecule is c1ccc(CCCOc2cccc(CNC3CC3)c2)cc1. The highest BCUT2D eigenvalue weighted by molar-refractivity contribution is 5.28. The van der Waals surface area contributed by atoms with E-state index in [1.54, 1.807) is 0 Å². The van der Waals surface area contributed by atoms with Crippen LogP contribution in [0.5, 0.6) is 5.75 Å². The lowest BCUT2D eigenvalue weighted by Gasteiger charge is -2.09. The number of ether oxygens (including phenoxy) is 1. The number of hydrogen-bond donors (Lipinski definition) is 1. The lowest BCUT2D eigenvalue weighted by molar-refractivity contribution is 0.310. The Hall–Kier alpha value is -1.80. The molecule has 110 valence electrons. The minimum Gasteiger partial charge on any atom is -0.494 e. The van der Waals surface area contributed by atoms with Crippen LogP contribution in [0.1, 0.15) is 30.4 Å². The third kappa shape index (κ3) is 4.91. The molecule has 2 heteroatoms. The Morgan fingerprint density at radius 2 is 1.76 bits per heavy atom. The molecular weight excluding hydrogens is 258 g/mol. The molecule has 2 aromatic rings. The van der Waals surface area contributed by atoms with Crippen molar-refractivity contribution in [2.45, 2.75) is 38.3 Å². The third-order valence-corrected chi connectivity index (χ3v) is 3.79. The van der Waals surface area contributed by atoms with Crippen molar-refractivity contribution in [3.8, 4) is 5.75 Å². The van der Waals surface area contributed by atoms with Crippen LogP contribution in [0, 0.1) is 0 Å². The van der Waals surface area contributed by atoms with Crippen LogP contribution in [0.25, 0.3) is 0 Å². The van der Waals surface area contributed by atoms with E-state index in [1.807, 2.05) is 6.07 Å². The van der Waals surface area contributed by atoms with E-state index in [0.717, 1.165) is 37.8 Å². The van der Waals surface area contributed by atoms with Crippen molar-refractivity contribution in [2.75, 3.05) is 6.61 Å². The third-order valence-electron chi connectivity index (χ3n) is 3.79. The molecule has 0 spiro atoms. The van der Waals surface area contributed by atoms with Gasteiger partial charge in [-0.05, 0) is 48.9 Å². The Morgan fingerprint density at radius 3 is 2.57 bits per heavy atom. The molecule has 0 bridgehead atoms. The van der Waals surface area contributed by atoms with Gasteiger partial charge in [-0.2, -0.15) is 0 Å². The Labute approximate surface area is 127 Å². The van der Waals surface area contributed by atoms with Crippen LogP contribution < -0.4 is 10.1 Å². The second-order valence-corrected chi connectivity index (χ2v) is 5.74. The highest BCUT2D eigenvalue weighted by Gasteiger charge is 2.19. The van der Waals surface area contributed by atoms with Gasteiger partial charge in [0.15, 0.2) is 0 Å². The largest absolute Gasteiger partial charge is 0.494 e. The summed E-state index contributed by atoms with van der Waals surface area (Å²) in [4.78, 5) is 0. The summed E-state index contributed by atoms with van der Waals surface area (Å²) in [7, 11) is 0. The van der Waals surface area contributed by atoms with Gasteiger partial charge in [-0.15, -0.1) is 0 Å². The lowest BCUT2D eigenvalue weighted by atomic mass is 10.1. The molecule has 21 heavy (non-hydrogen) atoms. The fourth-order valence-electron chi connectivity index (χ4n) is 2.41. The molecule has 0 aromatic heterocycles. The van der Waals surface area contributed by atoms with E-state index >= 15 is 0 Å². The van der Waals surface area contributed by atoms with Gasteiger partial charge in [0, 0.05) is 12.6 Å². The molecule has 0 amide bonds. The monoisotopic (exact) mass is 281 g/mol. The Morgan fingerprint density at radius 1 is 0.952 bits per heavy atom. The predicted octanol–water partition coefficient (Wildman–Crippen LogP) is 3.95. The van der Waals surface area contributed by atoms with Crippen LogP contribution in [0.2, 0.25) is 0 Å². The summed E-state index contributed by atoms with van der Waals surface area (Å²) in [5, 5.41) is 3.53. The normalized spacial score (nSPS) is 14.1. The molecule has 2 nitrogen and oxygen atoms in total. The average molecular weight is 281 g/mol. The van der Waals surface area contributed by atoms with E-state index in [2.05, 4.69) is 53.8 Å². The average Bonchev–Trinajstić information content (AvgIpc) is 3.35. The first-order valence-electron chi connectivity index (χ1n) is 7.89. The summed E-state index contributed by atoms with van der Waals surface area (Å²) in [6.07, 6.45) is 4.78. The molecule has 0 heterocycles. The first-order valence-corrected chi connectivity index (χ1v) is 7.89. The number of nitrogens with one attached hydrogen (secondary N) is 1. The topological polar surface area (TPSA) is 21.3 Å². The number of rotatable bonds is 8. The molecule has 3 rings (SSSR count). The first kappa shape index (κ1) is 14.2. The second-order valence-electron chi connectivity index (χ2n) is 5.74. The van der Waals surface area contributed by atoms with Crippen molar-refractivity contribution in [1.29, 1.82) is 0 Å². The minimum absolute atomic E-state index is 0.750. The fourth-order valence-corrected chi connectivity index (χ4v) is 2.41.